The number of thioether (sulfide) groups is 1. The lowest BCUT2D eigenvalue weighted by molar-refractivity contribution is -0.137. The molecule has 4 nitrogen and oxygen atoms in total. The number of nitrogens with zero attached hydrogens (tertiary/aromatic N) is 2. The van der Waals surface area contributed by atoms with E-state index in [1.54, 1.807) is 0 Å². The maximum Gasteiger partial charge on any atom is 0.416 e. The fraction of sp³-hybridized carbons (Fsp3) is 0.429. The van der Waals surface area contributed by atoms with E-state index in [9.17, 15) is 18.0 Å². The summed E-state index contributed by atoms with van der Waals surface area (Å²) in [5.74, 6) is 1.73. The Bertz CT molecular complexity index is 542. The lowest BCUT2D eigenvalue weighted by Gasteiger charge is -2.24. The summed E-state index contributed by atoms with van der Waals surface area (Å²) in [5.41, 5.74) is 1.88. The van der Waals surface area contributed by atoms with Gasteiger partial charge in [0.05, 0.1) is 18.3 Å². The molecule has 1 heterocycles. The van der Waals surface area contributed by atoms with Crippen LogP contribution in [0, 0.1) is 0 Å². The Balaban J connectivity index is 1.85. The molecule has 1 aliphatic rings. The van der Waals surface area contributed by atoms with Crippen molar-refractivity contribution in [2.45, 2.75) is 6.18 Å². The second-order valence-corrected chi connectivity index (χ2v) is 6.03. The van der Waals surface area contributed by atoms with Crippen LogP contribution in [0.3, 0.4) is 0 Å². The highest BCUT2D eigenvalue weighted by molar-refractivity contribution is 7.99. The summed E-state index contributed by atoms with van der Waals surface area (Å²) >= 11 is 1.85. The summed E-state index contributed by atoms with van der Waals surface area (Å²) in [5, 5.41) is 3.71. The van der Waals surface area contributed by atoms with Gasteiger partial charge in [-0.05, 0) is 17.7 Å². The number of hydrogen-bond acceptors (Lipinski definition) is 4. The molecule has 0 atom stereocenters. The minimum Gasteiger partial charge on any atom is -0.293 e. The number of hydrogen-bond donors (Lipinski definition) is 1. The van der Waals surface area contributed by atoms with Crippen LogP contribution in [-0.2, 0) is 11.0 Å². The van der Waals surface area contributed by atoms with Crippen molar-refractivity contribution in [1.29, 1.82) is 0 Å². The van der Waals surface area contributed by atoms with E-state index in [-0.39, 0.29) is 18.0 Å². The first kappa shape index (κ1) is 16.8. The molecular weight excluding hydrogens is 315 g/mol. The van der Waals surface area contributed by atoms with E-state index in [0.29, 0.717) is 0 Å². The minimum atomic E-state index is -4.39. The highest BCUT2D eigenvalue weighted by Crippen LogP contribution is 2.29. The summed E-state index contributed by atoms with van der Waals surface area (Å²) in [4.78, 5) is 13.7. The molecule has 8 heteroatoms. The topological polar surface area (TPSA) is 44.7 Å². The second kappa shape index (κ2) is 7.64. The van der Waals surface area contributed by atoms with Crippen LogP contribution in [0.1, 0.15) is 11.1 Å². The molecule has 22 heavy (non-hydrogen) atoms. The monoisotopic (exact) mass is 331 g/mol. The second-order valence-electron chi connectivity index (χ2n) is 4.80. The maximum atomic E-state index is 12.6. The Morgan fingerprint density at radius 2 is 2.09 bits per heavy atom. The van der Waals surface area contributed by atoms with Crippen LogP contribution in [0.5, 0.6) is 0 Å². The normalized spacial score (nSPS) is 16.9. The molecule has 1 N–H and O–H groups in total. The Morgan fingerprint density at radius 1 is 1.36 bits per heavy atom. The molecule has 0 radical (unpaired) electrons. The van der Waals surface area contributed by atoms with E-state index >= 15 is 0 Å². The van der Waals surface area contributed by atoms with Crippen LogP contribution in [0.15, 0.2) is 29.4 Å². The van der Waals surface area contributed by atoms with E-state index in [1.807, 2.05) is 16.7 Å². The number of amides is 1. The quantitative estimate of drug-likeness (QED) is 0.680. The lowest BCUT2D eigenvalue weighted by atomic mass is 10.1. The van der Waals surface area contributed by atoms with Crippen molar-refractivity contribution in [3.05, 3.63) is 35.4 Å². The molecule has 2 rings (SSSR count). The first-order chi connectivity index (χ1) is 10.4. The van der Waals surface area contributed by atoms with Crippen LogP contribution in [0.2, 0.25) is 0 Å². The SMILES string of the molecule is O=C(CN1CCSCC1)N/N=C/c1cccc(C(F)(F)F)c1. The average molecular weight is 331 g/mol. The third kappa shape index (κ3) is 5.34. The Labute approximate surface area is 130 Å². The van der Waals surface area contributed by atoms with E-state index in [4.69, 9.17) is 0 Å². The molecule has 0 bridgehead atoms. The smallest absolute Gasteiger partial charge is 0.293 e. The van der Waals surface area contributed by atoms with Crippen LogP contribution >= 0.6 is 11.8 Å². The molecule has 1 amide bonds. The molecule has 1 aromatic carbocycles. The van der Waals surface area contributed by atoms with Gasteiger partial charge in [-0.25, -0.2) is 5.43 Å². The molecule has 0 aliphatic carbocycles. The van der Waals surface area contributed by atoms with Crippen molar-refractivity contribution in [3.8, 4) is 0 Å². The highest BCUT2D eigenvalue weighted by Gasteiger charge is 2.30. The third-order valence-corrected chi connectivity index (χ3v) is 4.03. The van der Waals surface area contributed by atoms with E-state index in [2.05, 4.69) is 10.5 Å². The molecule has 1 aliphatic heterocycles. The summed E-state index contributed by atoms with van der Waals surface area (Å²) in [6.07, 6.45) is -3.18. The molecule has 120 valence electrons. The Hall–Kier alpha value is -1.54. The molecule has 0 spiro atoms. The summed E-state index contributed by atoms with van der Waals surface area (Å²) in [6, 6.07) is 4.77. The summed E-state index contributed by atoms with van der Waals surface area (Å²) in [7, 11) is 0. The number of benzene rings is 1. The van der Waals surface area contributed by atoms with Gasteiger partial charge in [0.2, 0.25) is 0 Å². The van der Waals surface area contributed by atoms with Gasteiger partial charge in [-0.3, -0.25) is 9.69 Å². The molecule has 1 aromatic rings. The predicted molar refractivity (Wildman–Crippen MR) is 80.9 cm³/mol. The Kier molecular flexibility index (Phi) is 5.84. The zero-order chi connectivity index (χ0) is 16.0. The lowest BCUT2D eigenvalue weighted by Crippen LogP contribution is -2.40. The zero-order valence-corrected chi connectivity index (χ0v) is 12.6. The van der Waals surface area contributed by atoms with E-state index < -0.39 is 11.7 Å². The average Bonchev–Trinajstić information content (AvgIpc) is 2.48. The van der Waals surface area contributed by atoms with Gasteiger partial charge < -0.3 is 0 Å². The van der Waals surface area contributed by atoms with Gasteiger partial charge in [-0.2, -0.15) is 30.0 Å². The van der Waals surface area contributed by atoms with Gasteiger partial charge in [0, 0.05) is 24.6 Å². The van der Waals surface area contributed by atoms with E-state index in [0.717, 1.165) is 36.7 Å². The first-order valence-electron chi connectivity index (χ1n) is 6.74. The first-order valence-corrected chi connectivity index (χ1v) is 7.90. The number of halogens is 3. The third-order valence-electron chi connectivity index (χ3n) is 3.09. The highest BCUT2D eigenvalue weighted by atomic mass is 32.2. The molecule has 0 unspecified atom stereocenters. The molecule has 0 aromatic heterocycles. The largest absolute Gasteiger partial charge is 0.416 e. The molecule has 0 saturated carbocycles. The van der Waals surface area contributed by atoms with Crippen molar-refractivity contribution in [2.24, 2.45) is 5.10 Å². The number of rotatable bonds is 4. The Morgan fingerprint density at radius 3 is 2.77 bits per heavy atom. The summed E-state index contributed by atoms with van der Waals surface area (Å²) in [6.45, 7) is 1.96. The maximum absolute atomic E-state index is 12.6. The van der Waals surface area contributed by atoms with Crippen LogP contribution in [0.25, 0.3) is 0 Å². The standard InChI is InChI=1S/C14H16F3N3OS/c15-14(16,17)12-3-1-2-11(8-12)9-18-19-13(21)10-20-4-6-22-7-5-20/h1-3,8-9H,4-7,10H2,(H,19,21)/b18-9+. The number of carbonyl (C=O) groups is 1. The predicted octanol–water partition coefficient (Wildman–Crippen LogP) is 2.20. The van der Waals surface area contributed by atoms with Crippen molar-refractivity contribution < 1.29 is 18.0 Å². The van der Waals surface area contributed by atoms with Crippen molar-refractivity contribution in [1.82, 2.24) is 10.3 Å². The van der Waals surface area contributed by atoms with Gasteiger partial charge >= 0.3 is 6.18 Å². The van der Waals surface area contributed by atoms with Crippen molar-refractivity contribution in [3.63, 3.8) is 0 Å². The van der Waals surface area contributed by atoms with Crippen molar-refractivity contribution >= 4 is 23.9 Å². The van der Waals surface area contributed by atoms with E-state index in [1.165, 1.54) is 18.3 Å². The number of nitrogens with one attached hydrogen (secondary N) is 1. The number of alkyl halides is 3. The fourth-order valence-electron chi connectivity index (χ4n) is 1.97. The van der Waals surface area contributed by atoms with Gasteiger partial charge in [-0.1, -0.05) is 12.1 Å². The number of carbonyl (C=O) groups excluding carboxylic acids is 1. The van der Waals surface area contributed by atoms with Gasteiger partial charge in [-0.15, -0.1) is 0 Å². The van der Waals surface area contributed by atoms with Gasteiger partial charge in [0.15, 0.2) is 0 Å². The van der Waals surface area contributed by atoms with Crippen LogP contribution < -0.4 is 5.43 Å². The molecule has 1 fully saturated rings. The number of hydrazone groups is 1. The zero-order valence-electron chi connectivity index (χ0n) is 11.8. The van der Waals surface area contributed by atoms with Gasteiger partial charge in [0.1, 0.15) is 0 Å². The molecular formula is C14H16F3N3OS. The minimum absolute atomic E-state index is 0.250. The van der Waals surface area contributed by atoms with Crippen LogP contribution in [-0.4, -0.2) is 48.2 Å². The summed E-state index contributed by atoms with van der Waals surface area (Å²) < 4.78 is 37.7. The fourth-order valence-corrected chi connectivity index (χ4v) is 2.95. The van der Waals surface area contributed by atoms with Crippen molar-refractivity contribution in [2.75, 3.05) is 31.1 Å². The molecule has 1 saturated heterocycles. The van der Waals surface area contributed by atoms with Gasteiger partial charge in [0.25, 0.3) is 5.91 Å². The van der Waals surface area contributed by atoms with Crippen LogP contribution in [0.4, 0.5) is 13.2 Å².